The zero-order chi connectivity index (χ0) is 15.5. The van der Waals surface area contributed by atoms with E-state index in [-0.39, 0.29) is 0 Å². The van der Waals surface area contributed by atoms with Gasteiger partial charge in [0.25, 0.3) is 11.9 Å². The SMILES string of the molecule is Cc1nn(-c2nnc(NC3CCCCCC3)nn2)c(C)c1Br. The van der Waals surface area contributed by atoms with Crippen molar-refractivity contribution in [2.45, 2.75) is 58.4 Å². The fraction of sp³-hybridized carbons (Fsp3) is 0.643. The van der Waals surface area contributed by atoms with Crippen LogP contribution in [0.1, 0.15) is 49.9 Å². The summed E-state index contributed by atoms with van der Waals surface area (Å²) >= 11 is 3.49. The molecule has 1 aliphatic rings. The predicted molar refractivity (Wildman–Crippen MR) is 87.0 cm³/mol. The van der Waals surface area contributed by atoms with Crippen molar-refractivity contribution >= 4 is 21.9 Å². The Morgan fingerprint density at radius 1 is 1.00 bits per heavy atom. The molecule has 7 nitrogen and oxygen atoms in total. The summed E-state index contributed by atoms with van der Waals surface area (Å²) in [6.07, 6.45) is 7.49. The topological polar surface area (TPSA) is 81.4 Å². The second-order valence-corrected chi connectivity index (χ2v) is 6.55. The molecule has 1 aliphatic carbocycles. The van der Waals surface area contributed by atoms with Gasteiger partial charge in [-0.2, -0.15) is 9.78 Å². The molecule has 0 bridgehead atoms. The first kappa shape index (κ1) is 15.3. The molecule has 0 aromatic carbocycles. The summed E-state index contributed by atoms with van der Waals surface area (Å²) in [5, 5.41) is 24.3. The van der Waals surface area contributed by atoms with Crippen LogP contribution < -0.4 is 5.32 Å². The lowest BCUT2D eigenvalue weighted by Gasteiger charge is -2.14. The van der Waals surface area contributed by atoms with Gasteiger partial charge >= 0.3 is 0 Å². The molecule has 0 unspecified atom stereocenters. The van der Waals surface area contributed by atoms with Gasteiger partial charge in [-0.3, -0.25) is 0 Å². The summed E-state index contributed by atoms with van der Waals surface area (Å²) in [6.45, 7) is 3.88. The van der Waals surface area contributed by atoms with E-state index in [0.717, 1.165) is 28.7 Å². The highest BCUT2D eigenvalue weighted by Crippen LogP contribution is 2.22. The third-order valence-corrected chi connectivity index (χ3v) is 5.20. The number of hydrogen-bond acceptors (Lipinski definition) is 6. The number of hydrogen-bond donors (Lipinski definition) is 1. The van der Waals surface area contributed by atoms with E-state index in [1.165, 1.54) is 25.7 Å². The molecule has 2 heterocycles. The Morgan fingerprint density at radius 2 is 1.64 bits per heavy atom. The third kappa shape index (κ3) is 3.26. The minimum absolute atomic E-state index is 0.387. The molecule has 118 valence electrons. The summed E-state index contributed by atoms with van der Waals surface area (Å²) in [4.78, 5) is 0. The first-order valence-electron chi connectivity index (χ1n) is 7.71. The average Bonchev–Trinajstić information content (AvgIpc) is 2.74. The van der Waals surface area contributed by atoms with Gasteiger partial charge in [0.2, 0.25) is 0 Å². The molecule has 1 fully saturated rings. The highest BCUT2D eigenvalue weighted by atomic mass is 79.9. The molecule has 1 saturated carbocycles. The van der Waals surface area contributed by atoms with Gasteiger partial charge in [-0.15, -0.1) is 20.4 Å². The van der Waals surface area contributed by atoms with Crippen LogP contribution >= 0.6 is 15.9 Å². The van der Waals surface area contributed by atoms with Gasteiger partial charge in [0, 0.05) is 6.04 Å². The zero-order valence-electron chi connectivity index (χ0n) is 12.9. The first-order chi connectivity index (χ1) is 10.6. The molecule has 3 rings (SSSR count). The lowest BCUT2D eigenvalue weighted by molar-refractivity contribution is 0.606. The van der Waals surface area contributed by atoms with E-state index in [9.17, 15) is 0 Å². The average molecular weight is 366 g/mol. The van der Waals surface area contributed by atoms with Crippen LogP contribution in [0, 0.1) is 13.8 Å². The minimum atomic E-state index is 0.387. The minimum Gasteiger partial charge on any atom is -0.349 e. The molecular formula is C14H20BrN7. The molecule has 2 aromatic heterocycles. The van der Waals surface area contributed by atoms with Crippen LogP contribution in [0.3, 0.4) is 0 Å². The Hall–Kier alpha value is -1.57. The van der Waals surface area contributed by atoms with E-state index in [1.807, 2.05) is 13.8 Å². The molecule has 0 amide bonds. The number of rotatable bonds is 3. The van der Waals surface area contributed by atoms with Crippen molar-refractivity contribution in [1.29, 1.82) is 0 Å². The largest absolute Gasteiger partial charge is 0.349 e. The number of halogens is 1. The van der Waals surface area contributed by atoms with Crippen LogP contribution in [0.15, 0.2) is 4.47 Å². The Balaban J connectivity index is 1.73. The number of nitrogens with one attached hydrogen (secondary N) is 1. The maximum atomic E-state index is 4.38. The quantitative estimate of drug-likeness (QED) is 0.842. The van der Waals surface area contributed by atoms with E-state index in [4.69, 9.17) is 0 Å². The molecule has 0 radical (unpaired) electrons. The van der Waals surface area contributed by atoms with Crippen LogP contribution in [0.4, 0.5) is 5.95 Å². The molecule has 2 aromatic rings. The number of nitrogens with zero attached hydrogens (tertiary/aromatic N) is 6. The second-order valence-electron chi connectivity index (χ2n) is 5.75. The highest BCUT2D eigenvalue weighted by molar-refractivity contribution is 9.10. The van der Waals surface area contributed by atoms with Crippen LogP contribution in [0.5, 0.6) is 0 Å². The smallest absolute Gasteiger partial charge is 0.289 e. The van der Waals surface area contributed by atoms with Crippen LogP contribution in [0.25, 0.3) is 5.95 Å². The third-order valence-electron chi connectivity index (χ3n) is 4.05. The van der Waals surface area contributed by atoms with Crippen molar-refractivity contribution < 1.29 is 0 Å². The fourth-order valence-corrected chi connectivity index (χ4v) is 3.04. The first-order valence-corrected chi connectivity index (χ1v) is 8.50. The Labute approximate surface area is 138 Å². The van der Waals surface area contributed by atoms with Gasteiger partial charge in [-0.1, -0.05) is 25.7 Å². The number of anilines is 1. The van der Waals surface area contributed by atoms with E-state index in [1.54, 1.807) is 4.68 Å². The normalized spacial score (nSPS) is 16.5. The Kier molecular flexibility index (Phi) is 4.66. The van der Waals surface area contributed by atoms with Gasteiger partial charge in [0.1, 0.15) is 0 Å². The standard InChI is InChI=1S/C14H20BrN7/c1-9-12(15)10(2)22(21-9)14-19-17-13(18-20-14)16-11-7-5-3-4-6-8-11/h11H,3-8H2,1-2H3,(H,16,17,18). The van der Waals surface area contributed by atoms with Gasteiger partial charge in [0.15, 0.2) is 0 Å². The Bertz CT molecular complexity index is 629. The van der Waals surface area contributed by atoms with Crippen LogP contribution in [-0.2, 0) is 0 Å². The van der Waals surface area contributed by atoms with E-state index in [0.29, 0.717) is 17.9 Å². The summed E-state index contributed by atoms with van der Waals surface area (Å²) in [5.74, 6) is 0.883. The molecule has 0 atom stereocenters. The summed E-state index contributed by atoms with van der Waals surface area (Å²) < 4.78 is 2.60. The summed E-state index contributed by atoms with van der Waals surface area (Å²) in [6, 6.07) is 0.430. The maximum Gasteiger partial charge on any atom is 0.289 e. The predicted octanol–water partition coefficient (Wildman–Crippen LogP) is 2.97. The van der Waals surface area contributed by atoms with Gasteiger partial charge < -0.3 is 5.32 Å². The molecule has 0 aliphatic heterocycles. The van der Waals surface area contributed by atoms with Gasteiger partial charge in [0.05, 0.1) is 15.9 Å². The molecule has 22 heavy (non-hydrogen) atoms. The maximum absolute atomic E-state index is 4.38. The van der Waals surface area contributed by atoms with Crippen molar-refractivity contribution in [3.63, 3.8) is 0 Å². The van der Waals surface area contributed by atoms with Crippen molar-refractivity contribution in [3.8, 4) is 5.95 Å². The van der Waals surface area contributed by atoms with Crippen LogP contribution in [-0.4, -0.2) is 36.2 Å². The van der Waals surface area contributed by atoms with E-state index in [2.05, 4.69) is 46.7 Å². The lowest BCUT2D eigenvalue weighted by atomic mass is 10.1. The molecule has 0 saturated heterocycles. The number of aromatic nitrogens is 6. The van der Waals surface area contributed by atoms with Crippen molar-refractivity contribution in [2.24, 2.45) is 0 Å². The van der Waals surface area contributed by atoms with Crippen molar-refractivity contribution in [1.82, 2.24) is 30.2 Å². The molecular weight excluding hydrogens is 346 g/mol. The van der Waals surface area contributed by atoms with E-state index >= 15 is 0 Å². The highest BCUT2D eigenvalue weighted by Gasteiger charge is 2.16. The monoisotopic (exact) mass is 365 g/mol. The van der Waals surface area contributed by atoms with Crippen molar-refractivity contribution in [2.75, 3.05) is 5.32 Å². The second kappa shape index (κ2) is 6.68. The summed E-state index contributed by atoms with van der Waals surface area (Å²) in [5.41, 5.74) is 1.83. The van der Waals surface area contributed by atoms with Gasteiger partial charge in [-0.05, 0) is 42.6 Å². The Morgan fingerprint density at radius 3 is 2.18 bits per heavy atom. The van der Waals surface area contributed by atoms with Crippen molar-refractivity contribution in [3.05, 3.63) is 15.9 Å². The number of aryl methyl sites for hydroxylation is 1. The van der Waals surface area contributed by atoms with E-state index < -0.39 is 0 Å². The lowest BCUT2D eigenvalue weighted by Crippen LogP contribution is -2.21. The zero-order valence-corrected chi connectivity index (χ0v) is 14.5. The summed E-state index contributed by atoms with van der Waals surface area (Å²) in [7, 11) is 0. The fourth-order valence-electron chi connectivity index (χ4n) is 2.79. The van der Waals surface area contributed by atoms with Gasteiger partial charge in [-0.25, -0.2) is 0 Å². The molecule has 1 N–H and O–H groups in total. The molecule has 0 spiro atoms. The van der Waals surface area contributed by atoms with Crippen LogP contribution in [0.2, 0.25) is 0 Å². The molecule has 8 heteroatoms.